The van der Waals surface area contributed by atoms with Crippen LogP contribution >= 0.6 is 0 Å². The lowest BCUT2D eigenvalue weighted by Crippen LogP contribution is -2.41. The maximum absolute atomic E-state index is 11.0. The summed E-state index contributed by atoms with van der Waals surface area (Å²) in [5.74, 6) is -0.173. The predicted octanol–water partition coefficient (Wildman–Crippen LogP) is 3.00. The van der Waals surface area contributed by atoms with Gasteiger partial charge in [-0.05, 0) is 33.6 Å². The first-order valence-electron chi connectivity index (χ1n) is 6.96. The van der Waals surface area contributed by atoms with Crippen LogP contribution in [0.25, 0.3) is 0 Å². The van der Waals surface area contributed by atoms with E-state index in [0.29, 0.717) is 6.32 Å². The van der Waals surface area contributed by atoms with E-state index in [9.17, 15) is 4.79 Å². The Hall–Kier alpha value is -1.07. The fraction of sp³-hybridized carbons (Fsp3) is 0.667. The van der Waals surface area contributed by atoms with Crippen LogP contribution in [-0.2, 0) is 18.8 Å². The molecule has 0 aromatic heterocycles. The Kier molecular flexibility index (Phi) is 5.60. The molecule has 0 bridgehead atoms. The fourth-order valence-corrected chi connectivity index (χ4v) is 1.83. The van der Waals surface area contributed by atoms with Crippen LogP contribution in [0.1, 0.15) is 34.6 Å². The van der Waals surface area contributed by atoms with Crippen LogP contribution < -0.4 is 0 Å². The van der Waals surface area contributed by atoms with Crippen LogP contribution in [0.5, 0.6) is 0 Å². The molecule has 0 aromatic rings. The first-order valence-corrected chi connectivity index (χ1v) is 6.96. The molecule has 0 saturated carbocycles. The number of esters is 1. The van der Waals surface area contributed by atoms with E-state index in [1.54, 1.807) is 6.08 Å². The van der Waals surface area contributed by atoms with Gasteiger partial charge in [-0.15, -0.1) is 0 Å². The average Bonchev–Trinajstić information content (AvgIpc) is 2.54. The summed E-state index contributed by atoms with van der Waals surface area (Å²) in [6, 6.07) is 0. The van der Waals surface area contributed by atoms with E-state index in [4.69, 9.17) is 9.31 Å². The van der Waals surface area contributed by atoms with Gasteiger partial charge in [0.25, 0.3) is 0 Å². The Morgan fingerprint density at radius 2 is 1.75 bits per heavy atom. The zero-order chi connectivity index (χ0) is 15.4. The molecule has 1 aliphatic rings. The van der Waals surface area contributed by atoms with E-state index < -0.39 is 0 Å². The zero-order valence-electron chi connectivity index (χ0n) is 13.3. The molecule has 0 aliphatic carbocycles. The second kappa shape index (κ2) is 6.59. The first-order chi connectivity index (χ1) is 9.18. The molecule has 1 aliphatic heterocycles. The number of ether oxygens (including phenoxy) is 1. The lowest BCUT2D eigenvalue weighted by Gasteiger charge is -2.32. The molecule has 1 atom stereocenters. The lowest BCUT2D eigenvalue weighted by atomic mass is 9.84. The molecule has 1 heterocycles. The molecular formula is C15H25BO4. The monoisotopic (exact) mass is 280 g/mol. The highest BCUT2D eigenvalue weighted by molar-refractivity contribution is 6.46. The minimum Gasteiger partial charge on any atom is -0.466 e. The van der Waals surface area contributed by atoms with Gasteiger partial charge in [0.2, 0.25) is 0 Å². The number of allylic oxidation sites excluding steroid dienone is 3. The number of methoxy groups -OCH3 is 1. The van der Waals surface area contributed by atoms with Crippen molar-refractivity contribution in [3.63, 3.8) is 0 Å². The van der Waals surface area contributed by atoms with E-state index in [0.717, 1.165) is 0 Å². The third-order valence-corrected chi connectivity index (χ3v) is 3.81. The topological polar surface area (TPSA) is 44.8 Å². The zero-order valence-corrected chi connectivity index (χ0v) is 13.3. The van der Waals surface area contributed by atoms with E-state index in [1.807, 2.05) is 46.8 Å². The van der Waals surface area contributed by atoms with Crippen LogP contribution in [0.15, 0.2) is 24.3 Å². The maximum Gasteiger partial charge on any atom is 0.461 e. The average molecular weight is 280 g/mol. The number of hydrogen-bond donors (Lipinski definition) is 0. The third kappa shape index (κ3) is 4.49. The Balaban J connectivity index is 2.43. The standard InChI is InChI=1S/C15H25BO4/c1-12(9-10-13(17)18-6)8-7-11-16-19-14(2,3)15(4,5)20-16/h7-10,12H,11H2,1-6H3/b8-7-,10-9+/t12-/m1/s1. The highest BCUT2D eigenvalue weighted by Crippen LogP contribution is 2.37. The molecule has 0 N–H and O–H groups in total. The van der Waals surface area contributed by atoms with Gasteiger partial charge in [0.1, 0.15) is 0 Å². The maximum atomic E-state index is 11.0. The predicted molar refractivity (Wildman–Crippen MR) is 80.3 cm³/mol. The largest absolute Gasteiger partial charge is 0.466 e. The van der Waals surface area contributed by atoms with Crippen LogP contribution in [0.4, 0.5) is 0 Å². The molecule has 20 heavy (non-hydrogen) atoms. The van der Waals surface area contributed by atoms with Gasteiger partial charge in [-0.2, -0.15) is 0 Å². The van der Waals surface area contributed by atoms with Crippen molar-refractivity contribution in [3.8, 4) is 0 Å². The highest BCUT2D eigenvalue weighted by atomic mass is 16.7. The summed E-state index contributed by atoms with van der Waals surface area (Å²) in [5, 5.41) is 0. The highest BCUT2D eigenvalue weighted by Gasteiger charge is 2.50. The number of carbonyl (C=O) groups excluding carboxylic acids is 1. The molecule has 112 valence electrons. The normalized spacial score (nSPS) is 22.6. The number of rotatable bonds is 5. The van der Waals surface area contributed by atoms with Crippen molar-refractivity contribution in [2.45, 2.75) is 52.1 Å². The molecule has 0 radical (unpaired) electrons. The van der Waals surface area contributed by atoms with Gasteiger partial charge in [-0.1, -0.05) is 25.2 Å². The summed E-state index contributed by atoms with van der Waals surface area (Å²) in [6.45, 7) is 10.2. The van der Waals surface area contributed by atoms with Gasteiger partial charge in [0.15, 0.2) is 0 Å². The fourth-order valence-electron chi connectivity index (χ4n) is 1.83. The van der Waals surface area contributed by atoms with Crippen molar-refractivity contribution in [1.29, 1.82) is 0 Å². The van der Waals surface area contributed by atoms with Gasteiger partial charge in [-0.3, -0.25) is 0 Å². The summed E-state index contributed by atoms with van der Waals surface area (Å²) in [5.41, 5.74) is -0.580. The lowest BCUT2D eigenvalue weighted by molar-refractivity contribution is -0.134. The Morgan fingerprint density at radius 1 is 1.20 bits per heavy atom. The van der Waals surface area contributed by atoms with Crippen molar-refractivity contribution in [2.24, 2.45) is 5.92 Å². The van der Waals surface area contributed by atoms with Crippen molar-refractivity contribution in [2.75, 3.05) is 7.11 Å². The summed E-state index contributed by atoms with van der Waals surface area (Å²) in [4.78, 5) is 11.0. The van der Waals surface area contributed by atoms with E-state index in [-0.39, 0.29) is 30.2 Å². The van der Waals surface area contributed by atoms with Gasteiger partial charge >= 0.3 is 13.1 Å². The van der Waals surface area contributed by atoms with Crippen LogP contribution in [0.2, 0.25) is 6.32 Å². The molecule has 0 amide bonds. The number of carbonyl (C=O) groups is 1. The van der Waals surface area contributed by atoms with Crippen molar-refractivity contribution in [3.05, 3.63) is 24.3 Å². The van der Waals surface area contributed by atoms with E-state index >= 15 is 0 Å². The molecule has 0 spiro atoms. The molecule has 5 heteroatoms. The SMILES string of the molecule is COC(=O)/C=C/[C@H](C)/C=C\CB1OC(C)(C)C(C)(C)O1. The Labute approximate surface area is 122 Å². The van der Waals surface area contributed by atoms with Gasteiger partial charge in [-0.25, -0.2) is 4.79 Å². The van der Waals surface area contributed by atoms with Gasteiger partial charge in [0, 0.05) is 12.4 Å². The second-order valence-corrected chi connectivity index (χ2v) is 6.09. The molecule has 1 fully saturated rings. The van der Waals surface area contributed by atoms with Crippen molar-refractivity contribution >= 4 is 13.1 Å². The van der Waals surface area contributed by atoms with Gasteiger partial charge in [0.05, 0.1) is 18.3 Å². The van der Waals surface area contributed by atoms with Gasteiger partial charge < -0.3 is 14.0 Å². The van der Waals surface area contributed by atoms with E-state index in [2.05, 4.69) is 4.74 Å². The molecule has 4 nitrogen and oxygen atoms in total. The summed E-state index contributed by atoms with van der Waals surface area (Å²) in [6.07, 6.45) is 7.97. The Morgan fingerprint density at radius 3 is 2.25 bits per heavy atom. The van der Waals surface area contributed by atoms with Crippen LogP contribution in [-0.4, -0.2) is 31.4 Å². The van der Waals surface area contributed by atoms with E-state index in [1.165, 1.54) is 13.2 Å². The van der Waals surface area contributed by atoms with Crippen LogP contribution in [0, 0.1) is 5.92 Å². The third-order valence-electron chi connectivity index (χ3n) is 3.81. The molecule has 1 rings (SSSR count). The molecule has 0 aromatic carbocycles. The minimum absolute atomic E-state index is 0.163. The summed E-state index contributed by atoms with van der Waals surface area (Å²) >= 11 is 0. The minimum atomic E-state index is -0.337. The second-order valence-electron chi connectivity index (χ2n) is 6.09. The first kappa shape index (κ1) is 17.0. The Bertz CT molecular complexity index is 383. The molecule has 1 saturated heterocycles. The summed E-state index contributed by atoms with van der Waals surface area (Å²) in [7, 11) is 1.15. The summed E-state index contributed by atoms with van der Waals surface area (Å²) < 4.78 is 16.3. The smallest absolute Gasteiger partial charge is 0.461 e. The van der Waals surface area contributed by atoms with Crippen LogP contribution in [0.3, 0.4) is 0 Å². The quantitative estimate of drug-likeness (QED) is 0.336. The molecular weight excluding hydrogens is 255 g/mol. The van der Waals surface area contributed by atoms with Crippen molar-refractivity contribution < 1.29 is 18.8 Å². The van der Waals surface area contributed by atoms with Crippen molar-refractivity contribution in [1.82, 2.24) is 0 Å². The molecule has 0 unspecified atom stereocenters. The number of hydrogen-bond acceptors (Lipinski definition) is 4.